The van der Waals surface area contributed by atoms with Gasteiger partial charge in [0.2, 0.25) is 0 Å². The quantitative estimate of drug-likeness (QED) is 0.839. The lowest BCUT2D eigenvalue weighted by atomic mass is 9.93. The van der Waals surface area contributed by atoms with E-state index in [1.807, 2.05) is 0 Å². The van der Waals surface area contributed by atoms with Crippen LogP contribution in [0.1, 0.15) is 61.5 Å². The Morgan fingerprint density at radius 3 is 2.61 bits per heavy atom. The maximum Gasteiger partial charge on any atom is 0.256 e. The second kappa shape index (κ2) is 6.03. The molecule has 1 aliphatic rings. The fourth-order valence-electron chi connectivity index (χ4n) is 2.72. The summed E-state index contributed by atoms with van der Waals surface area (Å²) in [5, 5.41) is 6.82. The van der Waals surface area contributed by atoms with Crippen LogP contribution in [0.2, 0.25) is 0 Å². The number of carbonyl (C=O) groups is 1. The summed E-state index contributed by atoms with van der Waals surface area (Å²) in [5.41, 5.74) is 1.20. The predicted octanol–water partition coefficient (Wildman–Crippen LogP) is 3.07. The molecule has 0 bridgehead atoms. The van der Waals surface area contributed by atoms with Gasteiger partial charge >= 0.3 is 0 Å². The molecule has 1 heterocycles. The Morgan fingerprint density at radius 2 is 2.06 bits per heavy atom. The van der Waals surface area contributed by atoms with Gasteiger partial charge in [0.05, 0.1) is 5.69 Å². The van der Waals surface area contributed by atoms with Gasteiger partial charge in [-0.05, 0) is 32.6 Å². The van der Waals surface area contributed by atoms with E-state index in [0.717, 1.165) is 0 Å². The molecule has 4 nitrogen and oxygen atoms in total. The molecule has 1 N–H and O–H groups in total. The van der Waals surface area contributed by atoms with Gasteiger partial charge in [0, 0.05) is 6.04 Å². The van der Waals surface area contributed by atoms with Gasteiger partial charge in [-0.15, -0.1) is 0 Å². The highest BCUT2D eigenvalue weighted by molar-refractivity contribution is 5.94. The molecule has 1 atom stereocenters. The molecule has 1 fully saturated rings. The minimum atomic E-state index is -0.0644. The minimum absolute atomic E-state index is 0.0644. The zero-order valence-corrected chi connectivity index (χ0v) is 11.2. The number of nitrogens with zero attached hydrogens (tertiary/aromatic N) is 1. The van der Waals surface area contributed by atoms with Crippen LogP contribution in [0, 0.1) is 12.8 Å². The smallest absolute Gasteiger partial charge is 0.256 e. The van der Waals surface area contributed by atoms with Crippen LogP contribution in [0.4, 0.5) is 0 Å². The standard InChI is InChI=1S/C14H22N2O2/c1-10(12-7-5-3-4-6-8-12)15-14(17)13-9-18-16-11(13)2/h9-10,12H,3-8H2,1-2H3,(H,15,17)/t10-/m1/s1. The molecule has 0 saturated heterocycles. The first-order chi connectivity index (χ1) is 8.68. The first-order valence-electron chi connectivity index (χ1n) is 6.90. The SMILES string of the molecule is Cc1nocc1C(=O)N[C@H](C)C1CCCCCC1. The van der Waals surface area contributed by atoms with Crippen LogP contribution in [-0.4, -0.2) is 17.1 Å². The Hall–Kier alpha value is -1.32. The van der Waals surface area contributed by atoms with E-state index in [9.17, 15) is 4.79 Å². The van der Waals surface area contributed by atoms with Crippen LogP contribution in [0.5, 0.6) is 0 Å². The molecule has 1 amide bonds. The van der Waals surface area contributed by atoms with Crippen LogP contribution >= 0.6 is 0 Å². The molecular formula is C14H22N2O2. The largest absolute Gasteiger partial charge is 0.364 e. The molecule has 1 aromatic heterocycles. The van der Waals surface area contributed by atoms with Gasteiger partial charge in [0.1, 0.15) is 11.8 Å². The number of carbonyl (C=O) groups excluding carboxylic acids is 1. The lowest BCUT2D eigenvalue weighted by Gasteiger charge is -2.23. The molecule has 0 spiro atoms. The molecule has 0 radical (unpaired) electrons. The summed E-state index contributed by atoms with van der Waals surface area (Å²) in [7, 11) is 0. The molecule has 1 aromatic rings. The Kier molecular flexibility index (Phi) is 4.39. The zero-order chi connectivity index (χ0) is 13.0. The Balaban J connectivity index is 1.92. The molecule has 0 aromatic carbocycles. The van der Waals surface area contributed by atoms with E-state index in [-0.39, 0.29) is 11.9 Å². The number of nitrogens with one attached hydrogen (secondary N) is 1. The van der Waals surface area contributed by atoms with E-state index in [2.05, 4.69) is 17.4 Å². The highest BCUT2D eigenvalue weighted by Gasteiger charge is 2.22. The van der Waals surface area contributed by atoms with E-state index in [1.54, 1.807) is 6.92 Å². The van der Waals surface area contributed by atoms with Gasteiger partial charge in [-0.25, -0.2) is 0 Å². The van der Waals surface area contributed by atoms with E-state index >= 15 is 0 Å². The minimum Gasteiger partial charge on any atom is -0.364 e. The van der Waals surface area contributed by atoms with Crippen molar-refractivity contribution in [1.29, 1.82) is 0 Å². The van der Waals surface area contributed by atoms with Crippen molar-refractivity contribution in [1.82, 2.24) is 10.5 Å². The van der Waals surface area contributed by atoms with Gasteiger partial charge in [0.25, 0.3) is 5.91 Å². The van der Waals surface area contributed by atoms with Crippen molar-refractivity contribution in [2.75, 3.05) is 0 Å². The lowest BCUT2D eigenvalue weighted by molar-refractivity contribution is 0.0922. The molecule has 4 heteroatoms. The Morgan fingerprint density at radius 1 is 1.39 bits per heavy atom. The maximum absolute atomic E-state index is 12.1. The van der Waals surface area contributed by atoms with Crippen LogP contribution in [0.3, 0.4) is 0 Å². The van der Waals surface area contributed by atoms with E-state index < -0.39 is 0 Å². The average molecular weight is 250 g/mol. The summed E-state index contributed by atoms with van der Waals surface area (Å²) in [6, 6.07) is 0.227. The highest BCUT2D eigenvalue weighted by atomic mass is 16.5. The Bertz CT molecular complexity index is 392. The molecule has 1 aliphatic carbocycles. The third kappa shape index (κ3) is 3.12. The normalized spacial score (nSPS) is 19.2. The van der Waals surface area contributed by atoms with Crippen LogP contribution in [0.25, 0.3) is 0 Å². The summed E-state index contributed by atoms with van der Waals surface area (Å²) in [6.07, 6.45) is 9.12. The number of amides is 1. The zero-order valence-electron chi connectivity index (χ0n) is 11.2. The lowest BCUT2D eigenvalue weighted by Crippen LogP contribution is -2.38. The number of hydrogen-bond acceptors (Lipinski definition) is 3. The van der Waals surface area contributed by atoms with E-state index in [4.69, 9.17) is 4.52 Å². The van der Waals surface area contributed by atoms with Crippen molar-refractivity contribution in [3.8, 4) is 0 Å². The molecule has 1 saturated carbocycles. The molecule has 18 heavy (non-hydrogen) atoms. The Labute approximate surface area is 108 Å². The van der Waals surface area contributed by atoms with E-state index in [0.29, 0.717) is 17.2 Å². The summed E-state index contributed by atoms with van der Waals surface area (Å²) >= 11 is 0. The topological polar surface area (TPSA) is 55.1 Å². The third-order valence-corrected chi connectivity index (χ3v) is 3.96. The number of rotatable bonds is 3. The highest BCUT2D eigenvalue weighted by Crippen LogP contribution is 2.25. The van der Waals surface area contributed by atoms with E-state index in [1.165, 1.54) is 44.8 Å². The second-order valence-electron chi connectivity index (χ2n) is 5.33. The van der Waals surface area contributed by atoms with Crippen molar-refractivity contribution < 1.29 is 9.32 Å². The number of hydrogen-bond donors (Lipinski definition) is 1. The summed E-state index contributed by atoms with van der Waals surface area (Å²) in [4.78, 5) is 12.1. The van der Waals surface area contributed by atoms with Crippen LogP contribution < -0.4 is 5.32 Å². The summed E-state index contributed by atoms with van der Waals surface area (Å²) in [5.74, 6) is 0.544. The molecule has 100 valence electrons. The summed E-state index contributed by atoms with van der Waals surface area (Å²) < 4.78 is 4.80. The first kappa shape index (κ1) is 13.1. The monoisotopic (exact) mass is 250 g/mol. The second-order valence-corrected chi connectivity index (χ2v) is 5.33. The summed E-state index contributed by atoms with van der Waals surface area (Å²) in [6.45, 7) is 3.89. The molecule has 2 rings (SSSR count). The molecule has 0 aliphatic heterocycles. The van der Waals surface area contributed by atoms with Gasteiger partial charge in [-0.1, -0.05) is 30.8 Å². The van der Waals surface area contributed by atoms with Crippen molar-refractivity contribution in [2.45, 2.75) is 58.4 Å². The molecular weight excluding hydrogens is 228 g/mol. The average Bonchev–Trinajstić information content (AvgIpc) is 2.63. The van der Waals surface area contributed by atoms with Crippen molar-refractivity contribution in [2.24, 2.45) is 5.92 Å². The fourth-order valence-corrected chi connectivity index (χ4v) is 2.72. The van der Waals surface area contributed by atoms with Crippen LogP contribution in [0.15, 0.2) is 10.8 Å². The predicted molar refractivity (Wildman–Crippen MR) is 69.4 cm³/mol. The maximum atomic E-state index is 12.1. The van der Waals surface area contributed by atoms with Gasteiger partial charge < -0.3 is 9.84 Å². The van der Waals surface area contributed by atoms with Crippen molar-refractivity contribution in [3.05, 3.63) is 17.5 Å². The fraction of sp³-hybridized carbons (Fsp3) is 0.714. The van der Waals surface area contributed by atoms with Gasteiger partial charge in [0.15, 0.2) is 0 Å². The van der Waals surface area contributed by atoms with Crippen molar-refractivity contribution in [3.63, 3.8) is 0 Å². The van der Waals surface area contributed by atoms with Crippen molar-refractivity contribution >= 4 is 5.91 Å². The van der Waals surface area contributed by atoms with Crippen LogP contribution in [-0.2, 0) is 0 Å². The third-order valence-electron chi connectivity index (χ3n) is 3.96. The number of aryl methyl sites for hydroxylation is 1. The first-order valence-corrected chi connectivity index (χ1v) is 6.90. The molecule has 0 unspecified atom stereocenters. The number of aromatic nitrogens is 1. The van der Waals surface area contributed by atoms with Gasteiger partial charge in [-0.3, -0.25) is 4.79 Å². The van der Waals surface area contributed by atoms with Gasteiger partial charge in [-0.2, -0.15) is 0 Å².